The lowest BCUT2D eigenvalue weighted by Crippen LogP contribution is -2.46. The van der Waals surface area contributed by atoms with Gasteiger partial charge in [0, 0.05) is 12.7 Å². The van der Waals surface area contributed by atoms with Gasteiger partial charge in [-0.25, -0.2) is 4.79 Å². The molecule has 6 N–H and O–H groups in total. The summed E-state index contributed by atoms with van der Waals surface area (Å²) in [6.07, 6.45) is -5.59. The van der Waals surface area contributed by atoms with Crippen molar-refractivity contribution in [1.29, 1.82) is 0 Å². The number of carbonyl (C=O) groups excluding carboxylic acids is 1. The van der Waals surface area contributed by atoms with Gasteiger partial charge in [0.15, 0.2) is 0 Å². The highest BCUT2D eigenvalue weighted by Crippen LogP contribution is 2.31. The van der Waals surface area contributed by atoms with E-state index in [1.54, 1.807) is 0 Å². The summed E-state index contributed by atoms with van der Waals surface area (Å²) in [7, 11) is 0. The van der Waals surface area contributed by atoms with Crippen LogP contribution in [-0.4, -0.2) is 115 Å². The maximum atomic E-state index is 12.8. The molecule has 2 heterocycles. The van der Waals surface area contributed by atoms with E-state index in [-0.39, 0.29) is 18.8 Å². The lowest BCUT2D eigenvalue weighted by molar-refractivity contribution is -0.0235. The molecule has 1 saturated heterocycles. The summed E-state index contributed by atoms with van der Waals surface area (Å²) in [5, 5.41) is 29.3. The van der Waals surface area contributed by atoms with Crippen LogP contribution in [0.4, 0.5) is 0 Å². The number of ether oxygens (including phenoxy) is 5. The van der Waals surface area contributed by atoms with E-state index in [1.807, 2.05) is 0 Å². The van der Waals surface area contributed by atoms with Gasteiger partial charge in [-0.2, -0.15) is 4.57 Å². The average Bonchev–Trinajstić information content (AvgIpc) is 3.10. The van der Waals surface area contributed by atoms with Crippen LogP contribution in [0.15, 0.2) is 15.8 Å². The van der Waals surface area contributed by atoms with Gasteiger partial charge in [-0.15, -0.1) is 0 Å². The second-order valence-corrected chi connectivity index (χ2v) is 7.43. The number of hydrogen-bond donors (Lipinski definition) is 5. The van der Waals surface area contributed by atoms with Crippen LogP contribution in [0, 0.1) is 0 Å². The second-order valence-electron chi connectivity index (χ2n) is 7.43. The van der Waals surface area contributed by atoms with E-state index in [2.05, 4.69) is 4.98 Å². The zero-order valence-electron chi connectivity index (χ0n) is 19.0. The molecule has 0 aromatic carbocycles. The van der Waals surface area contributed by atoms with Gasteiger partial charge >= 0.3 is 5.69 Å². The summed E-state index contributed by atoms with van der Waals surface area (Å²) in [5.41, 5.74) is 3.02. The van der Waals surface area contributed by atoms with Gasteiger partial charge in [0.05, 0.1) is 58.4 Å². The standard InChI is InChI=1S/C20H33N3O11/c1-12(33-9-8-32-7-6-31-5-4-30-3-2-21)18(27)23-19(28)13(10-22-20(23)29)17-16(26)15(25)14(11-24)34-17/h10,12,14-17,24-26H,2-9,11,21H2,1H3,(H,22,29)/t12?,14-,15-,16-,17+/m1/s1. The van der Waals surface area contributed by atoms with Crippen LogP contribution in [0.5, 0.6) is 0 Å². The Morgan fingerprint density at radius 2 is 1.68 bits per heavy atom. The molecular formula is C20H33N3O11. The molecule has 0 bridgehead atoms. The van der Waals surface area contributed by atoms with E-state index in [0.717, 1.165) is 6.20 Å². The molecule has 0 spiro atoms. The van der Waals surface area contributed by atoms with Crippen molar-refractivity contribution >= 4 is 5.91 Å². The monoisotopic (exact) mass is 491 g/mol. The number of H-pyrrole nitrogens is 1. The zero-order valence-corrected chi connectivity index (χ0v) is 19.0. The van der Waals surface area contributed by atoms with Crippen LogP contribution in [0.2, 0.25) is 0 Å². The van der Waals surface area contributed by atoms with Gasteiger partial charge < -0.3 is 49.7 Å². The highest BCUT2D eigenvalue weighted by Gasteiger charge is 2.44. The number of aliphatic hydroxyl groups excluding tert-OH is 3. The Morgan fingerprint density at radius 1 is 1.09 bits per heavy atom. The first-order valence-electron chi connectivity index (χ1n) is 10.9. The molecule has 0 amide bonds. The van der Waals surface area contributed by atoms with Gasteiger partial charge in [-0.05, 0) is 6.92 Å². The normalized spacial score (nSPS) is 23.3. The molecule has 1 aromatic heterocycles. The van der Waals surface area contributed by atoms with Crippen LogP contribution in [-0.2, 0) is 23.7 Å². The number of hydrogen-bond acceptors (Lipinski definition) is 12. The van der Waals surface area contributed by atoms with E-state index in [1.165, 1.54) is 6.92 Å². The Labute approximate surface area is 195 Å². The molecule has 1 aromatic rings. The minimum Gasteiger partial charge on any atom is -0.394 e. The first-order chi connectivity index (χ1) is 16.3. The van der Waals surface area contributed by atoms with Crippen LogP contribution in [0.1, 0.15) is 23.4 Å². The summed E-state index contributed by atoms with van der Waals surface area (Å²) < 4.78 is 26.8. The largest absolute Gasteiger partial charge is 0.394 e. The highest BCUT2D eigenvalue weighted by atomic mass is 16.6. The first kappa shape index (κ1) is 28.2. The summed E-state index contributed by atoms with van der Waals surface area (Å²) in [5.74, 6) is -0.930. The van der Waals surface area contributed by atoms with E-state index in [4.69, 9.17) is 29.4 Å². The van der Waals surface area contributed by atoms with Crippen LogP contribution >= 0.6 is 0 Å². The van der Waals surface area contributed by atoms with Crippen molar-refractivity contribution in [3.05, 3.63) is 32.6 Å². The van der Waals surface area contributed by atoms with Gasteiger partial charge in [-0.3, -0.25) is 9.59 Å². The lowest BCUT2D eigenvalue weighted by atomic mass is 10.0. The summed E-state index contributed by atoms with van der Waals surface area (Å²) in [6.45, 7) is 3.38. The van der Waals surface area contributed by atoms with Crippen molar-refractivity contribution in [1.82, 2.24) is 9.55 Å². The number of aromatic amines is 1. The molecule has 0 radical (unpaired) electrons. The second kappa shape index (κ2) is 14.4. The Balaban J connectivity index is 1.84. The number of rotatable bonds is 15. The summed E-state index contributed by atoms with van der Waals surface area (Å²) in [6, 6.07) is 0. The van der Waals surface area contributed by atoms with E-state index < -0.39 is 54.3 Å². The smallest absolute Gasteiger partial charge is 0.335 e. The van der Waals surface area contributed by atoms with E-state index >= 15 is 0 Å². The quantitative estimate of drug-likeness (QED) is 0.153. The van der Waals surface area contributed by atoms with Crippen molar-refractivity contribution in [2.24, 2.45) is 5.73 Å². The average molecular weight is 491 g/mol. The number of nitrogens with zero attached hydrogens (tertiary/aromatic N) is 1. The molecule has 14 nitrogen and oxygen atoms in total. The molecular weight excluding hydrogens is 458 g/mol. The predicted octanol–water partition coefficient (Wildman–Crippen LogP) is -3.26. The van der Waals surface area contributed by atoms with Gasteiger partial charge in [0.25, 0.3) is 11.5 Å². The SMILES string of the molecule is CC(OCCOCCOCCOCCN)C(=O)n1c(=O)[nH]cc([C@@H]2O[C@H](CO)[C@@H](O)[C@H]2O)c1=O. The fourth-order valence-electron chi connectivity index (χ4n) is 3.21. The van der Waals surface area contributed by atoms with Gasteiger partial charge in [-0.1, -0.05) is 0 Å². The maximum absolute atomic E-state index is 12.8. The zero-order chi connectivity index (χ0) is 25.1. The van der Waals surface area contributed by atoms with Crippen LogP contribution < -0.4 is 17.0 Å². The maximum Gasteiger partial charge on any atom is 0.335 e. The van der Waals surface area contributed by atoms with E-state index in [0.29, 0.717) is 44.1 Å². The molecule has 0 aliphatic carbocycles. The third-order valence-corrected chi connectivity index (χ3v) is 5.02. The molecule has 2 rings (SSSR count). The Hall–Kier alpha value is -2.01. The molecule has 1 fully saturated rings. The number of nitrogens with two attached hydrogens (primary N) is 1. The number of carbonyl (C=O) groups is 1. The molecule has 0 saturated carbocycles. The fourth-order valence-corrected chi connectivity index (χ4v) is 3.21. The highest BCUT2D eigenvalue weighted by molar-refractivity contribution is 5.82. The van der Waals surface area contributed by atoms with Gasteiger partial charge in [0.2, 0.25) is 0 Å². The Bertz CT molecular complexity index is 874. The molecule has 194 valence electrons. The van der Waals surface area contributed by atoms with Crippen molar-refractivity contribution in [2.45, 2.75) is 37.4 Å². The van der Waals surface area contributed by atoms with E-state index in [9.17, 15) is 29.7 Å². The lowest BCUT2D eigenvalue weighted by Gasteiger charge is -2.17. The number of aromatic nitrogens is 2. The van der Waals surface area contributed by atoms with Crippen molar-refractivity contribution in [3.63, 3.8) is 0 Å². The minimum atomic E-state index is -1.53. The summed E-state index contributed by atoms with van der Waals surface area (Å²) in [4.78, 5) is 39.9. The predicted molar refractivity (Wildman–Crippen MR) is 116 cm³/mol. The van der Waals surface area contributed by atoms with Crippen molar-refractivity contribution < 1.29 is 43.8 Å². The fraction of sp³-hybridized carbons (Fsp3) is 0.750. The van der Waals surface area contributed by atoms with Gasteiger partial charge in [0.1, 0.15) is 30.5 Å². The molecule has 5 atom stereocenters. The Kier molecular flexibility index (Phi) is 12.0. The Morgan fingerprint density at radius 3 is 2.24 bits per heavy atom. The van der Waals surface area contributed by atoms with Crippen LogP contribution in [0.25, 0.3) is 0 Å². The molecule has 14 heteroatoms. The molecule has 1 aliphatic rings. The molecule has 1 aliphatic heterocycles. The number of nitrogens with one attached hydrogen (secondary N) is 1. The van der Waals surface area contributed by atoms with Crippen molar-refractivity contribution in [3.8, 4) is 0 Å². The minimum absolute atomic E-state index is 0.0215. The molecule has 1 unspecified atom stereocenters. The summed E-state index contributed by atoms with van der Waals surface area (Å²) >= 11 is 0. The van der Waals surface area contributed by atoms with Crippen LogP contribution in [0.3, 0.4) is 0 Å². The molecule has 34 heavy (non-hydrogen) atoms. The third kappa shape index (κ3) is 7.49. The van der Waals surface area contributed by atoms with Crippen molar-refractivity contribution in [2.75, 3.05) is 59.4 Å². The number of aliphatic hydroxyl groups is 3. The third-order valence-electron chi connectivity index (χ3n) is 5.02. The first-order valence-corrected chi connectivity index (χ1v) is 10.9. The topological polar surface area (TPSA) is 205 Å².